The molecule has 1 aliphatic carbocycles. The van der Waals surface area contributed by atoms with Gasteiger partial charge in [-0.15, -0.1) is 0 Å². The maximum Gasteiger partial charge on any atom is 0.416 e. The summed E-state index contributed by atoms with van der Waals surface area (Å²) in [5.74, 6) is -0.489. The predicted molar refractivity (Wildman–Crippen MR) is 65.6 cm³/mol. The van der Waals surface area contributed by atoms with Crippen molar-refractivity contribution in [3.05, 3.63) is 35.4 Å². The van der Waals surface area contributed by atoms with Gasteiger partial charge in [0.1, 0.15) is 0 Å². The molecule has 19 heavy (non-hydrogen) atoms. The van der Waals surface area contributed by atoms with Crippen molar-refractivity contribution < 1.29 is 18.0 Å². The van der Waals surface area contributed by atoms with Crippen molar-refractivity contribution in [2.45, 2.75) is 38.4 Å². The fraction of sp³-hybridized carbons (Fsp3) is 0.500. The average molecular weight is 271 g/mol. The highest BCUT2D eigenvalue weighted by Crippen LogP contribution is 2.46. The highest BCUT2D eigenvalue weighted by Gasteiger charge is 2.44. The monoisotopic (exact) mass is 271 g/mol. The van der Waals surface area contributed by atoms with E-state index in [0.717, 1.165) is 6.07 Å². The molecule has 0 aliphatic heterocycles. The molecule has 0 aromatic heterocycles. The molecule has 0 bridgehead atoms. The molecular formula is C14H16F3NO. The largest absolute Gasteiger partial charge is 0.416 e. The number of benzene rings is 1. The quantitative estimate of drug-likeness (QED) is 0.897. The van der Waals surface area contributed by atoms with Crippen molar-refractivity contribution in [2.24, 2.45) is 5.92 Å². The van der Waals surface area contributed by atoms with Gasteiger partial charge in [-0.3, -0.25) is 4.79 Å². The molecule has 1 amide bonds. The zero-order valence-electron chi connectivity index (χ0n) is 10.8. The van der Waals surface area contributed by atoms with E-state index in [1.807, 2.05) is 0 Å². The van der Waals surface area contributed by atoms with Crippen LogP contribution in [0.25, 0.3) is 0 Å². The SMILES string of the molecule is CC(C)C(=O)N[C@@H]1C[C@@H]1c1ccccc1C(F)(F)F. The van der Waals surface area contributed by atoms with Crippen LogP contribution in [0.2, 0.25) is 0 Å². The Morgan fingerprint density at radius 2 is 1.95 bits per heavy atom. The number of hydrogen-bond acceptors (Lipinski definition) is 1. The maximum absolute atomic E-state index is 12.9. The number of nitrogens with one attached hydrogen (secondary N) is 1. The Bertz CT molecular complexity index is 482. The Morgan fingerprint density at radius 3 is 2.53 bits per heavy atom. The summed E-state index contributed by atoms with van der Waals surface area (Å²) in [5, 5.41) is 2.77. The first-order valence-electron chi connectivity index (χ1n) is 6.27. The van der Waals surface area contributed by atoms with Gasteiger partial charge in [0.05, 0.1) is 5.56 Å². The van der Waals surface area contributed by atoms with E-state index in [2.05, 4.69) is 5.32 Å². The van der Waals surface area contributed by atoms with Crippen LogP contribution >= 0.6 is 0 Å². The van der Waals surface area contributed by atoms with Crippen LogP contribution in [0.1, 0.15) is 37.3 Å². The zero-order chi connectivity index (χ0) is 14.2. The summed E-state index contributed by atoms with van der Waals surface area (Å²) in [5.41, 5.74) is -0.314. The van der Waals surface area contributed by atoms with Gasteiger partial charge in [0.25, 0.3) is 0 Å². The third kappa shape index (κ3) is 3.08. The molecule has 1 aromatic carbocycles. The van der Waals surface area contributed by atoms with Crippen molar-refractivity contribution in [3.8, 4) is 0 Å². The van der Waals surface area contributed by atoms with Gasteiger partial charge in [0, 0.05) is 17.9 Å². The Kier molecular flexibility index (Phi) is 3.56. The maximum atomic E-state index is 12.9. The van der Waals surface area contributed by atoms with Gasteiger partial charge in [-0.1, -0.05) is 32.0 Å². The molecule has 0 saturated heterocycles. The first-order chi connectivity index (χ1) is 8.80. The molecule has 1 aliphatic rings. The lowest BCUT2D eigenvalue weighted by atomic mass is 10.0. The highest BCUT2D eigenvalue weighted by atomic mass is 19.4. The summed E-state index contributed by atoms with van der Waals surface area (Å²) in [6.07, 6.45) is -3.77. The molecule has 0 unspecified atom stereocenters. The number of rotatable bonds is 3. The first kappa shape index (κ1) is 13.9. The van der Waals surface area contributed by atoms with E-state index < -0.39 is 11.7 Å². The molecular weight excluding hydrogens is 255 g/mol. The summed E-state index contributed by atoms with van der Waals surface area (Å²) in [4.78, 5) is 11.5. The van der Waals surface area contributed by atoms with Crippen LogP contribution in [-0.2, 0) is 11.0 Å². The van der Waals surface area contributed by atoms with E-state index in [9.17, 15) is 18.0 Å². The molecule has 1 fully saturated rings. The van der Waals surface area contributed by atoms with Crippen LogP contribution in [0.15, 0.2) is 24.3 Å². The van der Waals surface area contributed by atoms with Crippen LogP contribution < -0.4 is 5.32 Å². The fourth-order valence-electron chi connectivity index (χ4n) is 2.13. The van der Waals surface area contributed by atoms with Gasteiger partial charge >= 0.3 is 6.18 Å². The number of alkyl halides is 3. The Hall–Kier alpha value is -1.52. The minimum Gasteiger partial charge on any atom is -0.353 e. The second kappa shape index (κ2) is 4.87. The molecule has 2 atom stereocenters. The van der Waals surface area contributed by atoms with Gasteiger partial charge in [-0.05, 0) is 18.1 Å². The Labute approximate surface area is 110 Å². The van der Waals surface area contributed by atoms with Gasteiger partial charge in [-0.2, -0.15) is 13.2 Å². The van der Waals surface area contributed by atoms with Gasteiger partial charge in [0.15, 0.2) is 0 Å². The molecule has 2 rings (SSSR count). The average Bonchev–Trinajstić information content (AvgIpc) is 3.07. The van der Waals surface area contributed by atoms with Gasteiger partial charge in [0.2, 0.25) is 5.91 Å². The molecule has 0 radical (unpaired) electrons. The van der Waals surface area contributed by atoms with E-state index in [0.29, 0.717) is 6.42 Å². The summed E-state index contributed by atoms with van der Waals surface area (Å²) >= 11 is 0. The topological polar surface area (TPSA) is 29.1 Å². The van der Waals surface area contributed by atoms with Crippen LogP contribution in [-0.4, -0.2) is 11.9 Å². The first-order valence-corrected chi connectivity index (χ1v) is 6.27. The number of carbonyl (C=O) groups is 1. The fourth-order valence-corrected chi connectivity index (χ4v) is 2.13. The third-order valence-corrected chi connectivity index (χ3v) is 3.31. The Balaban J connectivity index is 2.12. The second-order valence-corrected chi connectivity index (χ2v) is 5.20. The minimum atomic E-state index is -4.34. The van der Waals surface area contributed by atoms with Crippen LogP contribution in [0.5, 0.6) is 0 Å². The molecule has 1 aromatic rings. The second-order valence-electron chi connectivity index (χ2n) is 5.20. The number of amides is 1. The lowest BCUT2D eigenvalue weighted by Gasteiger charge is -2.13. The molecule has 104 valence electrons. The number of halogens is 3. The van der Waals surface area contributed by atoms with Gasteiger partial charge in [-0.25, -0.2) is 0 Å². The van der Waals surface area contributed by atoms with Gasteiger partial charge < -0.3 is 5.32 Å². The molecule has 5 heteroatoms. The predicted octanol–water partition coefficient (Wildman–Crippen LogP) is 3.33. The van der Waals surface area contributed by atoms with E-state index in [4.69, 9.17) is 0 Å². The highest BCUT2D eigenvalue weighted by molar-refractivity contribution is 5.78. The molecule has 2 nitrogen and oxygen atoms in total. The van der Waals surface area contributed by atoms with Crippen molar-refractivity contribution in [3.63, 3.8) is 0 Å². The summed E-state index contributed by atoms with van der Waals surface area (Å²) in [6.45, 7) is 3.52. The normalized spacial score (nSPS) is 22.4. The standard InChI is InChI=1S/C14H16F3NO/c1-8(2)13(19)18-12-7-10(12)9-5-3-4-6-11(9)14(15,16)17/h3-6,8,10,12H,7H2,1-2H3,(H,18,19)/t10-,12-/m1/s1. The lowest BCUT2D eigenvalue weighted by molar-refractivity contribution is -0.138. The zero-order valence-corrected chi connectivity index (χ0v) is 10.8. The van der Waals surface area contributed by atoms with Crippen molar-refractivity contribution >= 4 is 5.91 Å². The van der Waals surface area contributed by atoms with Crippen LogP contribution in [0.3, 0.4) is 0 Å². The lowest BCUT2D eigenvalue weighted by Crippen LogP contribution is -2.30. The summed E-state index contributed by atoms with van der Waals surface area (Å²) < 4.78 is 38.6. The molecule has 1 saturated carbocycles. The summed E-state index contributed by atoms with van der Waals surface area (Å²) in [6, 6.07) is 5.41. The smallest absolute Gasteiger partial charge is 0.353 e. The van der Waals surface area contributed by atoms with Crippen molar-refractivity contribution in [1.29, 1.82) is 0 Å². The summed E-state index contributed by atoms with van der Waals surface area (Å²) in [7, 11) is 0. The number of carbonyl (C=O) groups excluding carboxylic acids is 1. The van der Waals surface area contributed by atoms with E-state index in [1.165, 1.54) is 12.1 Å². The molecule has 0 heterocycles. The van der Waals surface area contributed by atoms with Crippen molar-refractivity contribution in [1.82, 2.24) is 5.32 Å². The van der Waals surface area contributed by atoms with Crippen molar-refractivity contribution in [2.75, 3.05) is 0 Å². The molecule has 1 N–H and O–H groups in total. The number of hydrogen-bond donors (Lipinski definition) is 1. The Morgan fingerprint density at radius 1 is 1.32 bits per heavy atom. The van der Waals surface area contributed by atoms with Crippen LogP contribution in [0.4, 0.5) is 13.2 Å². The van der Waals surface area contributed by atoms with Crippen LogP contribution in [0, 0.1) is 5.92 Å². The third-order valence-electron chi connectivity index (χ3n) is 3.31. The molecule has 0 spiro atoms. The van der Waals surface area contributed by atoms with E-state index in [-0.39, 0.29) is 29.3 Å². The van der Waals surface area contributed by atoms with E-state index in [1.54, 1.807) is 19.9 Å². The minimum absolute atomic E-state index is 0.114. The van der Waals surface area contributed by atoms with E-state index >= 15 is 0 Å².